The number of hydrogen-bond acceptors (Lipinski definition) is 8. The van der Waals surface area contributed by atoms with Gasteiger partial charge in [0, 0.05) is 48.1 Å². The Morgan fingerprint density at radius 1 is 1.04 bits per heavy atom. The molecule has 0 saturated carbocycles. The number of amides is 1. The number of methoxy groups -OCH3 is 1. The van der Waals surface area contributed by atoms with E-state index in [4.69, 9.17) is 37.4 Å². The maximum absolute atomic E-state index is 15.9. The van der Waals surface area contributed by atoms with Crippen molar-refractivity contribution in [2.45, 2.75) is 44.4 Å². The van der Waals surface area contributed by atoms with Crippen molar-refractivity contribution in [1.82, 2.24) is 10.2 Å². The van der Waals surface area contributed by atoms with Crippen LogP contribution in [-0.2, 0) is 16.0 Å². The van der Waals surface area contributed by atoms with Gasteiger partial charge in [0.25, 0.3) is 5.91 Å². The Bertz CT molecular complexity index is 1670. The number of carbonyl (C=O) groups is 2. The van der Waals surface area contributed by atoms with E-state index in [9.17, 15) is 9.59 Å². The number of halogens is 3. The van der Waals surface area contributed by atoms with Crippen LogP contribution >= 0.6 is 23.2 Å². The minimum Gasteiger partial charge on any atom is -0.472 e. The summed E-state index contributed by atoms with van der Waals surface area (Å²) < 4.78 is 32.8. The molecule has 3 aromatic rings. The second-order valence-corrected chi connectivity index (χ2v) is 13.1. The summed E-state index contributed by atoms with van der Waals surface area (Å²) in [7, 11) is 1.29. The molecule has 2 bridgehead atoms. The lowest BCUT2D eigenvalue weighted by molar-refractivity contribution is 0.0515. The number of fused-ring (bicyclic) bond motifs is 3. The van der Waals surface area contributed by atoms with Gasteiger partial charge in [0.05, 0.1) is 65.8 Å². The topological polar surface area (TPSA) is 83.6 Å². The fourth-order valence-electron chi connectivity index (χ4n) is 7.21. The number of para-hydroxylation sites is 1. The monoisotopic (exact) mass is 668 g/mol. The van der Waals surface area contributed by atoms with Crippen molar-refractivity contribution < 1.29 is 28.2 Å². The average Bonchev–Trinajstić information content (AvgIpc) is 3.30. The highest BCUT2D eigenvalue weighted by Gasteiger charge is 2.40. The first-order valence-corrected chi connectivity index (χ1v) is 16.3. The van der Waals surface area contributed by atoms with Crippen molar-refractivity contribution in [1.29, 1.82) is 0 Å². The summed E-state index contributed by atoms with van der Waals surface area (Å²) in [6.45, 7) is 5.85. The number of piperazine rings is 1. The molecule has 1 N–H and O–H groups in total. The first-order chi connectivity index (χ1) is 22.2. The van der Waals surface area contributed by atoms with Gasteiger partial charge in [-0.2, -0.15) is 0 Å². The molecular formula is C34H35Cl2FN4O5. The SMILES string of the molecule is COC(=O)c1cc(F)c(-c2cccc3c2OCN(C(=O)c2c(Cl)cc(N4CCNC[C@H]4C)cc2Cl)C3)cc1N1C2CCC1COC2. The van der Waals surface area contributed by atoms with E-state index in [0.717, 1.165) is 38.2 Å². The van der Waals surface area contributed by atoms with Gasteiger partial charge < -0.3 is 34.2 Å². The minimum atomic E-state index is -0.598. The lowest BCUT2D eigenvalue weighted by atomic mass is 9.96. The van der Waals surface area contributed by atoms with Crippen molar-refractivity contribution in [2.75, 3.05) is 56.5 Å². The van der Waals surface area contributed by atoms with Gasteiger partial charge in [-0.15, -0.1) is 0 Å². The number of anilines is 2. The van der Waals surface area contributed by atoms with E-state index < -0.39 is 11.8 Å². The lowest BCUT2D eigenvalue weighted by Crippen LogP contribution is -2.50. The number of hydrogen-bond donors (Lipinski definition) is 1. The maximum Gasteiger partial charge on any atom is 0.340 e. The summed E-state index contributed by atoms with van der Waals surface area (Å²) in [4.78, 5) is 32.5. The number of nitrogens with one attached hydrogen (secondary N) is 1. The number of rotatable bonds is 5. The molecule has 3 aromatic carbocycles. The number of esters is 1. The van der Waals surface area contributed by atoms with Crippen molar-refractivity contribution in [3.8, 4) is 16.9 Å². The van der Waals surface area contributed by atoms with E-state index in [0.29, 0.717) is 41.3 Å². The van der Waals surface area contributed by atoms with E-state index in [-0.39, 0.29) is 58.5 Å². The normalized spacial score (nSPS) is 22.4. The molecule has 12 heteroatoms. The van der Waals surface area contributed by atoms with Crippen molar-refractivity contribution in [3.63, 3.8) is 0 Å². The summed E-state index contributed by atoms with van der Waals surface area (Å²) in [5.74, 6) is -1.05. The van der Waals surface area contributed by atoms with Gasteiger partial charge in [-0.25, -0.2) is 9.18 Å². The average molecular weight is 670 g/mol. The van der Waals surface area contributed by atoms with Crippen LogP contribution in [0, 0.1) is 5.82 Å². The van der Waals surface area contributed by atoms with Crippen LogP contribution in [-0.4, -0.2) is 81.6 Å². The fraction of sp³-hybridized carbons (Fsp3) is 0.412. The number of nitrogens with zero attached hydrogens (tertiary/aromatic N) is 3. The molecule has 3 atom stereocenters. The zero-order chi connectivity index (χ0) is 32.1. The van der Waals surface area contributed by atoms with Gasteiger partial charge in [0.15, 0.2) is 6.73 Å². The standard InChI is InChI=1S/C34H35Cl2FN4O5/c1-19-14-38-8-9-40(19)23-10-27(35)31(28(36)11-23)33(42)39-15-20-4-3-5-24(32(20)46-18-39)25-13-30(26(12-29(25)37)34(43)44-2)41-21-6-7-22(41)17-45-16-21/h3-5,10-13,19,21-22,38H,6-9,14-18H2,1-2H3/t19-,21?,22?/m1/s1. The third kappa shape index (κ3) is 5.45. The molecule has 0 aromatic heterocycles. The smallest absolute Gasteiger partial charge is 0.340 e. The Hall–Kier alpha value is -3.57. The summed E-state index contributed by atoms with van der Waals surface area (Å²) >= 11 is 13.4. The molecule has 4 aliphatic rings. The molecule has 0 spiro atoms. The summed E-state index contributed by atoms with van der Waals surface area (Å²) in [5.41, 5.74) is 3.42. The van der Waals surface area contributed by atoms with Crippen molar-refractivity contribution >= 4 is 46.5 Å². The Labute approximate surface area is 277 Å². The Morgan fingerprint density at radius 3 is 2.48 bits per heavy atom. The van der Waals surface area contributed by atoms with Crippen LogP contribution < -0.4 is 19.9 Å². The van der Waals surface area contributed by atoms with E-state index in [1.807, 2.05) is 6.07 Å². The molecule has 46 heavy (non-hydrogen) atoms. The van der Waals surface area contributed by atoms with Crippen LogP contribution in [0.3, 0.4) is 0 Å². The highest BCUT2D eigenvalue weighted by atomic mass is 35.5. The third-order valence-electron chi connectivity index (χ3n) is 9.48. The van der Waals surface area contributed by atoms with E-state index >= 15 is 4.39 Å². The van der Waals surface area contributed by atoms with E-state index in [2.05, 4.69) is 22.0 Å². The largest absolute Gasteiger partial charge is 0.472 e. The molecule has 0 radical (unpaired) electrons. The Morgan fingerprint density at radius 2 is 1.78 bits per heavy atom. The molecule has 7 rings (SSSR count). The molecular weight excluding hydrogens is 634 g/mol. The molecule has 242 valence electrons. The molecule has 2 unspecified atom stereocenters. The highest BCUT2D eigenvalue weighted by Crippen LogP contribution is 2.43. The van der Waals surface area contributed by atoms with Crippen LogP contribution in [0.1, 0.15) is 46.0 Å². The zero-order valence-corrected chi connectivity index (χ0v) is 27.2. The first-order valence-electron chi connectivity index (χ1n) is 15.5. The zero-order valence-electron chi connectivity index (χ0n) is 25.7. The second-order valence-electron chi connectivity index (χ2n) is 12.3. The van der Waals surface area contributed by atoms with Gasteiger partial charge >= 0.3 is 5.97 Å². The number of ether oxygens (including phenoxy) is 3. The third-order valence-corrected chi connectivity index (χ3v) is 10.1. The molecule has 0 aliphatic carbocycles. The number of benzene rings is 3. The van der Waals surface area contributed by atoms with Gasteiger partial charge in [-0.3, -0.25) is 4.79 Å². The first kappa shape index (κ1) is 31.1. The molecule has 4 aliphatic heterocycles. The summed E-state index contributed by atoms with van der Waals surface area (Å²) in [5, 5.41) is 3.91. The van der Waals surface area contributed by atoms with Crippen molar-refractivity contribution in [2.24, 2.45) is 0 Å². The molecule has 3 fully saturated rings. The Kier molecular flexibility index (Phi) is 8.48. The Balaban J connectivity index is 1.19. The van der Waals surface area contributed by atoms with Gasteiger partial charge in [0.1, 0.15) is 11.6 Å². The summed E-state index contributed by atoms with van der Waals surface area (Å²) in [6, 6.07) is 12.4. The van der Waals surface area contributed by atoms with Gasteiger partial charge in [0.2, 0.25) is 0 Å². The summed E-state index contributed by atoms with van der Waals surface area (Å²) in [6.07, 6.45) is 1.86. The van der Waals surface area contributed by atoms with E-state index in [1.165, 1.54) is 18.1 Å². The van der Waals surface area contributed by atoms with Crippen LogP contribution in [0.2, 0.25) is 10.0 Å². The number of carbonyl (C=O) groups excluding carboxylic acids is 2. The van der Waals surface area contributed by atoms with Crippen LogP contribution in [0.4, 0.5) is 15.8 Å². The second kappa shape index (κ2) is 12.6. The van der Waals surface area contributed by atoms with Crippen LogP contribution in [0.5, 0.6) is 5.75 Å². The molecule has 1 amide bonds. The minimum absolute atomic E-state index is 0.0750. The lowest BCUT2D eigenvalue weighted by Gasteiger charge is -2.38. The number of morpholine rings is 1. The fourth-order valence-corrected chi connectivity index (χ4v) is 7.84. The predicted molar refractivity (Wildman–Crippen MR) is 175 cm³/mol. The van der Waals surface area contributed by atoms with Crippen LogP contribution in [0.15, 0.2) is 42.5 Å². The highest BCUT2D eigenvalue weighted by molar-refractivity contribution is 6.40. The van der Waals surface area contributed by atoms with E-state index in [1.54, 1.807) is 30.3 Å². The molecule has 3 saturated heterocycles. The predicted octanol–water partition coefficient (Wildman–Crippen LogP) is 5.74. The molecule has 9 nitrogen and oxygen atoms in total. The van der Waals surface area contributed by atoms with Gasteiger partial charge in [-0.1, -0.05) is 41.4 Å². The van der Waals surface area contributed by atoms with Crippen LogP contribution in [0.25, 0.3) is 11.1 Å². The van der Waals surface area contributed by atoms with Crippen molar-refractivity contribution in [3.05, 3.63) is 75.0 Å². The molecule has 4 heterocycles. The van der Waals surface area contributed by atoms with Gasteiger partial charge in [-0.05, 0) is 44.0 Å². The maximum atomic E-state index is 15.9. The quantitative estimate of drug-likeness (QED) is 0.345.